The van der Waals surface area contributed by atoms with Crippen LogP contribution in [-0.4, -0.2) is 29.1 Å². The van der Waals surface area contributed by atoms with Gasteiger partial charge in [0.25, 0.3) is 5.69 Å². The van der Waals surface area contributed by atoms with Gasteiger partial charge < -0.3 is 15.6 Å². The number of anilines is 1. The van der Waals surface area contributed by atoms with Crippen LogP contribution in [0.3, 0.4) is 0 Å². The van der Waals surface area contributed by atoms with Crippen LogP contribution in [0.5, 0.6) is 0 Å². The first-order chi connectivity index (χ1) is 11.7. The van der Waals surface area contributed by atoms with Crippen molar-refractivity contribution < 1.29 is 24.4 Å². The average molecular weight is 346 g/mol. The standard InChI is InChI=1S/C9H11NO2.C8H7NO4/c1-6-3-4-7(8(10)5-6)9(11)12-2;1-5-2-3-6(8(10)11)7(4-5)9(12)13/h3-5H,10H2,1-2H3;2-4H,1H3,(H,10,11). The fourth-order valence-electron chi connectivity index (χ4n) is 1.95. The van der Waals surface area contributed by atoms with Crippen molar-refractivity contribution in [3.8, 4) is 0 Å². The number of nitro groups is 1. The van der Waals surface area contributed by atoms with Gasteiger partial charge in [-0.05, 0) is 43.2 Å². The van der Waals surface area contributed by atoms with Crippen molar-refractivity contribution in [2.24, 2.45) is 0 Å². The summed E-state index contributed by atoms with van der Waals surface area (Å²) in [5, 5.41) is 19.0. The van der Waals surface area contributed by atoms with Gasteiger partial charge in [0, 0.05) is 11.8 Å². The van der Waals surface area contributed by atoms with Crippen molar-refractivity contribution in [1.29, 1.82) is 0 Å². The van der Waals surface area contributed by atoms with E-state index in [1.807, 2.05) is 13.0 Å². The third kappa shape index (κ3) is 5.31. The number of nitrogens with zero attached hydrogens (tertiary/aromatic N) is 1. The van der Waals surface area contributed by atoms with Gasteiger partial charge >= 0.3 is 11.9 Å². The molecule has 0 amide bonds. The van der Waals surface area contributed by atoms with Crippen molar-refractivity contribution >= 4 is 23.3 Å². The Morgan fingerprint density at radius 2 is 1.60 bits per heavy atom. The van der Waals surface area contributed by atoms with E-state index in [9.17, 15) is 19.7 Å². The SMILES string of the molecule is COC(=O)c1ccc(C)cc1N.Cc1ccc(C(=O)O)c([N+](=O)[O-])c1. The Labute approximate surface area is 144 Å². The minimum Gasteiger partial charge on any atom is -0.477 e. The lowest BCUT2D eigenvalue weighted by atomic mass is 10.1. The van der Waals surface area contributed by atoms with Crippen molar-refractivity contribution in [1.82, 2.24) is 0 Å². The Morgan fingerprint density at radius 1 is 1.08 bits per heavy atom. The Kier molecular flexibility index (Phi) is 6.62. The molecule has 0 fully saturated rings. The number of carbonyl (C=O) groups is 2. The van der Waals surface area contributed by atoms with Crippen LogP contribution in [0.25, 0.3) is 0 Å². The van der Waals surface area contributed by atoms with Gasteiger partial charge in [-0.2, -0.15) is 0 Å². The first-order valence-electron chi connectivity index (χ1n) is 7.10. The molecule has 2 rings (SSSR count). The molecule has 2 aromatic rings. The first-order valence-corrected chi connectivity index (χ1v) is 7.10. The Bertz CT molecular complexity index is 817. The van der Waals surface area contributed by atoms with Crippen molar-refractivity contribution in [3.05, 3.63) is 68.8 Å². The van der Waals surface area contributed by atoms with Crippen molar-refractivity contribution in [2.75, 3.05) is 12.8 Å². The number of hydrogen-bond acceptors (Lipinski definition) is 6. The van der Waals surface area contributed by atoms with Crippen molar-refractivity contribution in [3.63, 3.8) is 0 Å². The molecule has 0 atom stereocenters. The molecule has 0 aliphatic heterocycles. The maximum absolute atomic E-state index is 11.0. The summed E-state index contributed by atoms with van der Waals surface area (Å²) < 4.78 is 4.54. The van der Waals surface area contributed by atoms with Crippen LogP contribution in [0, 0.1) is 24.0 Å². The van der Waals surface area contributed by atoms with Gasteiger partial charge in [-0.25, -0.2) is 9.59 Å². The van der Waals surface area contributed by atoms with Crippen LogP contribution in [0.1, 0.15) is 31.8 Å². The average Bonchev–Trinajstić information content (AvgIpc) is 2.54. The highest BCUT2D eigenvalue weighted by Crippen LogP contribution is 2.19. The van der Waals surface area contributed by atoms with Crippen molar-refractivity contribution in [2.45, 2.75) is 13.8 Å². The van der Waals surface area contributed by atoms with E-state index in [0.29, 0.717) is 16.8 Å². The molecule has 0 bridgehead atoms. The number of nitrogens with two attached hydrogens (primary N) is 1. The topological polar surface area (TPSA) is 133 Å². The van der Waals surface area contributed by atoms with Crippen LogP contribution < -0.4 is 5.73 Å². The zero-order valence-electron chi connectivity index (χ0n) is 14.0. The molecular formula is C17H18N2O6. The summed E-state index contributed by atoms with van der Waals surface area (Å²) in [5.74, 6) is -1.68. The van der Waals surface area contributed by atoms with Gasteiger partial charge in [0.15, 0.2) is 0 Å². The molecule has 2 aromatic carbocycles. The number of rotatable bonds is 3. The highest BCUT2D eigenvalue weighted by molar-refractivity contribution is 5.95. The number of aromatic carboxylic acids is 1. The molecular weight excluding hydrogens is 328 g/mol. The zero-order valence-corrected chi connectivity index (χ0v) is 14.0. The smallest absolute Gasteiger partial charge is 0.342 e. The third-order valence-electron chi connectivity index (χ3n) is 3.19. The molecule has 0 saturated carbocycles. The second kappa shape index (κ2) is 8.44. The lowest BCUT2D eigenvalue weighted by Gasteiger charge is -2.03. The predicted molar refractivity (Wildman–Crippen MR) is 91.7 cm³/mol. The summed E-state index contributed by atoms with van der Waals surface area (Å²) in [6.45, 7) is 3.58. The van der Waals surface area contributed by atoms with Gasteiger partial charge in [-0.15, -0.1) is 0 Å². The van der Waals surface area contributed by atoms with Gasteiger partial charge in [0.2, 0.25) is 0 Å². The summed E-state index contributed by atoms with van der Waals surface area (Å²) in [5.41, 5.74) is 7.52. The molecule has 8 nitrogen and oxygen atoms in total. The lowest BCUT2D eigenvalue weighted by molar-refractivity contribution is -0.385. The number of carboxylic acid groups (broad SMARTS) is 1. The highest BCUT2D eigenvalue weighted by Gasteiger charge is 2.18. The van der Waals surface area contributed by atoms with E-state index >= 15 is 0 Å². The highest BCUT2D eigenvalue weighted by atomic mass is 16.6. The van der Waals surface area contributed by atoms with E-state index in [4.69, 9.17) is 10.8 Å². The Hall–Kier alpha value is -3.42. The fraction of sp³-hybridized carbons (Fsp3) is 0.176. The summed E-state index contributed by atoms with van der Waals surface area (Å²) in [6.07, 6.45) is 0. The first kappa shape index (κ1) is 19.6. The minimum atomic E-state index is -1.29. The number of nitro benzene ring substituents is 1. The molecule has 0 spiro atoms. The molecule has 3 N–H and O–H groups in total. The van der Waals surface area contributed by atoms with Gasteiger partial charge in [-0.1, -0.05) is 12.1 Å². The number of hydrogen-bond donors (Lipinski definition) is 2. The van der Waals surface area contributed by atoms with E-state index in [1.54, 1.807) is 19.1 Å². The van der Waals surface area contributed by atoms with E-state index < -0.39 is 16.9 Å². The molecule has 132 valence electrons. The van der Waals surface area contributed by atoms with Gasteiger partial charge in [0.1, 0.15) is 5.56 Å². The van der Waals surface area contributed by atoms with Crippen LogP contribution in [-0.2, 0) is 4.74 Å². The second-order valence-electron chi connectivity index (χ2n) is 5.17. The minimum absolute atomic E-state index is 0.282. The number of ether oxygens (including phenoxy) is 1. The summed E-state index contributed by atoms with van der Waals surface area (Å²) in [7, 11) is 1.33. The largest absolute Gasteiger partial charge is 0.477 e. The van der Waals surface area contributed by atoms with Crippen LogP contribution >= 0.6 is 0 Å². The maximum Gasteiger partial charge on any atom is 0.342 e. The van der Waals surface area contributed by atoms with E-state index in [0.717, 1.165) is 5.56 Å². The molecule has 25 heavy (non-hydrogen) atoms. The third-order valence-corrected chi connectivity index (χ3v) is 3.19. The number of aryl methyl sites for hydroxylation is 2. The summed E-state index contributed by atoms with van der Waals surface area (Å²) >= 11 is 0. The fourth-order valence-corrected chi connectivity index (χ4v) is 1.95. The number of esters is 1. The van der Waals surface area contributed by atoms with E-state index in [2.05, 4.69) is 4.74 Å². The molecule has 8 heteroatoms. The molecule has 0 aromatic heterocycles. The molecule has 0 unspecified atom stereocenters. The molecule has 0 radical (unpaired) electrons. The number of nitrogen functional groups attached to an aromatic ring is 1. The second-order valence-corrected chi connectivity index (χ2v) is 5.17. The van der Waals surface area contributed by atoms with Crippen LogP contribution in [0.15, 0.2) is 36.4 Å². The number of carbonyl (C=O) groups excluding carboxylic acids is 1. The maximum atomic E-state index is 11.0. The molecule has 0 aliphatic carbocycles. The van der Waals surface area contributed by atoms with E-state index in [1.165, 1.54) is 25.3 Å². The molecule has 0 aliphatic rings. The Balaban J connectivity index is 0.000000251. The summed E-state index contributed by atoms with van der Waals surface area (Å²) in [6, 6.07) is 9.22. The quantitative estimate of drug-likeness (QED) is 0.378. The number of benzene rings is 2. The number of carboxylic acids is 1. The van der Waals surface area contributed by atoms with Crippen LogP contribution in [0.2, 0.25) is 0 Å². The molecule has 0 saturated heterocycles. The monoisotopic (exact) mass is 346 g/mol. The van der Waals surface area contributed by atoms with E-state index in [-0.39, 0.29) is 11.3 Å². The Morgan fingerprint density at radius 3 is 2.04 bits per heavy atom. The zero-order chi connectivity index (χ0) is 19.1. The lowest BCUT2D eigenvalue weighted by Crippen LogP contribution is -2.05. The van der Waals surface area contributed by atoms with Gasteiger partial charge in [0.05, 0.1) is 17.6 Å². The van der Waals surface area contributed by atoms with Gasteiger partial charge in [-0.3, -0.25) is 10.1 Å². The summed E-state index contributed by atoms with van der Waals surface area (Å²) in [4.78, 5) is 31.3. The predicted octanol–water partition coefficient (Wildman–Crippen LogP) is 2.97. The molecule has 0 heterocycles. The number of methoxy groups -OCH3 is 1. The van der Waals surface area contributed by atoms with Crippen LogP contribution in [0.4, 0.5) is 11.4 Å². The normalized spacial score (nSPS) is 9.56.